The van der Waals surface area contributed by atoms with Crippen LogP contribution in [0.15, 0.2) is 62.3 Å². The van der Waals surface area contributed by atoms with Crippen molar-refractivity contribution in [2.24, 2.45) is 0 Å². The predicted octanol–water partition coefficient (Wildman–Crippen LogP) is 3.60. The molecule has 1 aromatic carbocycles. The first-order chi connectivity index (χ1) is 15.8. The fourth-order valence-electron chi connectivity index (χ4n) is 3.96. The van der Waals surface area contributed by atoms with Crippen LogP contribution in [0.5, 0.6) is 5.75 Å². The maximum atomic E-state index is 12.7. The molecule has 0 radical (unpaired) electrons. The summed E-state index contributed by atoms with van der Waals surface area (Å²) in [5.41, 5.74) is -0.483. The second kappa shape index (κ2) is 9.19. The van der Waals surface area contributed by atoms with E-state index in [1.165, 1.54) is 25.1 Å². The molecule has 1 aromatic heterocycles. The zero-order valence-corrected chi connectivity index (χ0v) is 19.6. The number of carbonyl (C=O) groups is 1. The lowest BCUT2D eigenvalue weighted by Crippen LogP contribution is -2.25. The third-order valence-corrected chi connectivity index (χ3v) is 6.30. The van der Waals surface area contributed by atoms with Crippen molar-refractivity contribution in [2.75, 3.05) is 11.4 Å². The zero-order valence-electron chi connectivity index (χ0n) is 18.8. The van der Waals surface area contributed by atoms with Gasteiger partial charge in [0.2, 0.25) is 0 Å². The second-order valence-electron chi connectivity index (χ2n) is 8.04. The molecule has 0 saturated carbocycles. The monoisotopic (exact) mass is 492 g/mol. The number of rotatable bonds is 7. The van der Waals surface area contributed by atoms with E-state index in [2.05, 4.69) is 4.65 Å². The molecule has 0 saturated heterocycles. The number of aryl methyl sites for hydroxylation is 1. The number of carbonyl (C=O) groups excluding carboxylic acids is 1. The minimum atomic E-state index is -4.65. The Bertz CT molecular complexity index is 1360. The molecule has 0 amide bonds. The molecule has 1 aliphatic rings. The van der Waals surface area contributed by atoms with Gasteiger partial charge in [0, 0.05) is 29.4 Å². The smallest absolute Gasteiger partial charge is 0.744 e. The van der Waals surface area contributed by atoms with Gasteiger partial charge in [-0.15, -0.1) is 0 Å². The van der Waals surface area contributed by atoms with E-state index >= 15 is 0 Å². The van der Waals surface area contributed by atoms with Crippen molar-refractivity contribution in [3.05, 3.63) is 75.5 Å². The Labute approximate surface area is 195 Å². The quantitative estimate of drug-likeness (QED) is 0.249. The van der Waals surface area contributed by atoms with E-state index in [0.717, 1.165) is 12.1 Å². The van der Waals surface area contributed by atoms with Gasteiger partial charge >= 0.3 is 13.1 Å². The number of anilines is 1. The zero-order chi connectivity index (χ0) is 25.4. The van der Waals surface area contributed by atoms with E-state index in [1.54, 1.807) is 12.1 Å². The van der Waals surface area contributed by atoms with Crippen LogP contribution in [0, 0.1) is 6.92 Å². The van der Waals surface area contributed by atoms with Crippen LogP contribution in [0.25, 0.3) is 0 Å². The molecule has 0 N–H and O–H groups in total. The van der Waals surface area contributed by atoms with E-state index in [4.69, 9.17) is 4.42 Å². The van der Waals surface area contributed by atoms with Gasteiger partial charge in [-0.3, -0.25) is 4.79 Å². The molecule has 2 heterocycles. The number of hydrogen-bond acceptors (Lipinski definition) is 8. The average molecular weight is 492 g/mol. The molecule has 1 aliphatic heterocycles. The highest BCUT2D eigenvalue weighted by atomic mass is 32.2. The standard InChI is InChI=1S/C22H22BF2NO7S/c1-5-26-16-10-9-14(34(29,30)31)12-15(16)22(3,4)19(26)8-6-7-17(27)20-18(33-23(24)25)11-13(2)32-21(20)28/h6-12H,5H2,1-4H3,(H,29,30,31)/p-1/b7-6+,19-8+. The molecule has 3 rings (SSSR count). The normalized spacial score (nSPS) is 16.2. The molecular weight excluding hydrogens is 471 g/mol. The summed E-state index contributed by atoms with van der Waals surface area (Å²) in [6.07, 6.45) is 3.97. The average Bonchev–Trinajstić information content (AvgIpc) is 2.92. The van der Waals surface area contributed by atoms with Gasteiger partial charge < -0.3 is 18.5 Å². The highest BCUT2D eigenvalue weighted by Gasteiger charge is 2.39. The molecule has 0 fully saturated rings. The molecule has 0 bridgehead atoms. The summed E-state index contributed by atoms with van der Waals surface area (Å²) >= 11 is 0. The van der Waals surface area contributed by atoms with Crippen LogP contribution >= 0.6 is 0 Å². The van der Waals surface area contributed by atoms with Crippen LogP contribution in [-0.4, -0.2) is 32.8 Å². The van der Waals surface area contributed by atoms with Crippen molar-refractivity contribution in [1.29, 1.82) is 0 Å². The Kier molecular flexibility index (Phi) is 6.86. The summed E-state index contributed by atoms with van der Waals surface area (Å²) in [6, 6.07) is 5.15. The van der Waals surface area contributed by atoms with Crippen LogP contribution in [0.2, 0.25) is 0 Å². The van der Waals surface area contributed by atoms with Gasteiger partial charge in [0.05, 0.1) is 4.90 Å². The minimum absolute atomic E-state index is 0.00631. The highest BCUT2D eigenvalue weighted by molar-refractivity contribution is 7.85. The van der Waals surface area contributed by atoms with Crippen LogP contribution in [0.1, 0.15) is 42.5 Å². The summed E-state index contributed by atoms with van der Waals surface area (Å²) in [4.78, 5) is 26.3. The molecule has 0 aliphatic carbocycles. The number of fused-ring (bicyclic) bond motifs is 1. The Morgan fingerprint density at radius 1 is 1.29 bits per heavy atom. The van der Waals surface area contributed by atoms with Crippen LogP contribution in [0.3, 0.4) is 0 Å². The topological polar surface area (TPSA) is 117 Å². The van der Waals surface area contributed by atoms with Crippen molar-refractivity contribution in [3.8, 4) is 5.75 Å². The van der Waals surface area contributed by atoms with Gasteiger partial charge in [-0.2, -0.15) is 0 Å². The van der Waals surface area contributed by atoms with Crippen molar-refractivity contribution in [3.63, 3.8) is 0 Å². The molecule has 0 unspecified atom stereocenters. The van der Waals surface area contributed by atoms with Gasteiger partial charge in [-0.1, -0.05) is 19.9 Å². The number of allylic oxidation sites excluding steroid dienone is 4. The van der Waals surface area contributed by atoms with Crippen LogP contribution < -0.4 is 15.2 Å². The molecule has 0 atom stereocenters. The van der Waals surface area contributed by atoms with Gasteiger partial charge in [0.1, 0.15) is 27.2 Å². The summed E-state index contributed by atoms with van der Waals surface area (Å²) in [7, 11) is -7.88. The van der Waals surface area contributed by atoms with E-state index in [0.29, 0.717) is 23.5 Å². The molecular formula is C22H21BF2NO7S-. The minimum Gasteiger partial charge on any atom is -0.744 e. The molecule has 8 nitrogen and oxygen atoms in total. The Morgan fingerprint density at radius 2 is 1.97 bits per heavy atom. The molecule has 12 heteroatoms. The summed E-state index contributed by atoms with van der Waals surface area (Å²) < 4.78 is 69.0. The number of ketones is 1. The van der Waals surface area contributed by atoms with Crippen molar-refractivity contribution in [1.82, 2.24) is 0 Å². The number of likely N-dealkylation sites (N-methyl/N-ethyl adjacent to an activating group) is 1. The molecule has 34 heavy (non-hydrogen) atoms. The van der Waals surface area contributed by atoms with Gasteiger partial charge in [0.25, 0.3) is 0 Å². The fraction of sp³-hybridized carbons (Fsp3) is 0.273. The Morgan fingerprint density at radius 3 is 2.56 bits per heavy atom. The van der Waals surface area contributed by atoms with Crippen LogP contribution in [-0.2, 0) is 15.5 Å². The largest absolute Gasteiger partial charge is 0.796 e. The Hall–Kier alpha value is -3.25. The lowest BCUT2D eigenvalue weighted by molar-refractivity contribution is 0.104. The lowest BCUT2D eigenvalue weighted by atomic mass is 9.83. The van der Waals surface area contributed by atoms with E-state index in [9.17, 15) is 31.2 Å². The first-order valence-corrected chi connectivity index (χ1v) is 11.6. The van der Waals surface area contributed by atoms with Crippen LogP contribution in [0.4, 0.5) is 14.3 Å². The third-order valence-electron chi connectivity index (χ3n) is 5.47. The summed E-state index contributed by atoms with van der Waals surface area (Å²) in [5, 5.41) is 0. The first kappa shape index (κ1) is 25.4. The van der Waals surface area contributed by atoms with Crippen molar-refractivity contribution in [2.45, 2.75) is 38.0 Å². The maximum absolute atomic E-state index is 12.7. The maximum Gasteiger partial charge on any atom is 0.796 e. The van der Waals surface area contributed by atoms with Gasteiger partial charge in [-0.25, -0.2) is 21.8 Å². The first-order valence-electron chi connectivity index (χ1n) is 10.2. The molecule has 0 spiro atoms. The number of halogens is 2. The third kappa shape index (κ3) is 4.83. The van der Waals surface area contributed by atoms with E-state index < -0.39 is 45.7 Å². The van der Waals surface area contributed by atoms with E-state index in [-0.39, 0.29) is 10.7 Å². The second-order valence-corrected chi connectivity index (χ2v) is 9.42. The molecule has 2 aromatic rings. The summed E-state index contributed by atoms with van der Waals surface area (Å²) in [6.45, 7) is 7.39. The number of nitrogens with zero attached hydrogens (tertiary/aromatic N) is 1. The predicted molar refractivity (Wildman–Crippen MR) is 120 cm³/mol. The van der Waals surface area contributed by atoms with Crippen molar-refractivity contribution < 1.29 is 35.5 Å². The number of hydrogen-bond donors (Lipinski definition) is 0. The van der Waals surface area contributed by atoms with Crippen molar-refractivity contribution >= 4 is 29.1 Å². The van der Waals surface area contributed by atoms with E-state index in [1.807, 2.05) is 25.7 Å². The Balaban J connectivity index is 2.00. The SMILES string of the molecule is CCN1/C(=C/C=C/C(=O)c2c(OB(F)F)cc(C)oc2=O)C(C)(C)c2cc(S(=O)(=O)[O-])ccc21. The lowest BCUT2D eigenvalue weighted by Gasteiger charge is -2.25. The highest BCUT2D eigenvalue weighted by Crippen LogP contribution is 2.48. The summed E-state index contributed by atoms with van der Waals surface area (Å²) in [5.74, 6) is -1.47. The number of benzene rings is 1. The van der Waals surface area contributed by atoms with Gasteiger partial charge in [-0.05, 0) is 49.8 Å². The fourth-order valence-corrected chi connectivity index (χ4v) is 4.45. The molecule has 180 valence electrons. The van der Waals surface area contributed by atoms with Gasteiger partial charge in [0.15, 0.2) is 5.78 Å².